The highest BCUT2D eigenvalue weighted by Gasteiger charge is 2.19. The van der Waals surface area contributed by atoms with E-state index in [2.05, 4.69) is 0 Å². The highest BCUT2D eigenvalue weighted by Crippen LogP contribution is 2.46. The van der Waals surface area contributed by atoms with Crippen LogP contribution in [0, 0.1) is 0 Å². The van der Waals surface area contributed by atoms with E-state index in [9.17, 15) is 5.48 Å². The molecule has 8 aromatic carbocycles. The van der Waals surface area contributed by atoms with Crippen molar-refractivity contribution in [2.24, 2.45) is 0 Å². The Labute approximate surface area is 252 Å². The van der Waals surface area contributed by atoms with E-state index in [4.69, 9.17) is 12.3 Å². The maximum absolute atomic E-state index is 9.68. The maximum Gasteiger partial charge on any atom is 0.0630 e. The van der Waals surface area contributed by atoms with Crippen LogP contribution in [0.2, 0.25) is 0 Å². The summed E-state index contributed by atoms with van der Waals surface area (Å²) in [5, 5.41) is 1.84. The van der Waals surface area contributed by atoms with Crippen molar-refractivity contribution in [2.45, 2.75) is 0 Å². The summed E-state index contributed by atoms with van der Waals surface area (Å²) < 4.78 is 116. The third-order valence-corrected chi connectivity index (χ3v) is 7.31. The maximum atomic E-state index is 9.68. The molecule has 0 atom stereocenters. The molecule has 40 heavy (non-hydrogen) atoms. The monoisotopic (exact) mass is 519 g/mol. The van der Waals surface area contributed by atoms with Gasteiger partial charge in [0.2, 0.25) is 0 Å². The molecule has 0 heterocycles. The molecule has 0 aliphatic heterocycles. The lowest BCUT2D eigenvalue weighted by Crippen LogP contribution is -1.92. The Bertz CT molecular complexity index is 2850. The fourth-order valence-corrected chi connectivity index (χ4v) is 5.63. The SMILES string of the molecule is [2H]c1c([2H])c([2H])c2c(-c3c([2H])c([2H])c(-c4c5ccccc5c(-c5ccccc5)c5ccccc45)c4c([2H])c([2H])c([2H])c([2H])c34)c([2H])c([2H])c([2H])c2c1[2H]. The van der Waals surface area contributed by atoms with Gasteiger partial charge in [-0.2, -0.15) is 0 Å². The molecule has 186 valence electrons. The lowest BCUT2D eigenvalue weighted by molar-refractivity contribution is 1.65. The average molecular weight is 520 g/mol. The van der Waals surface area contributed by atoms with E-state index in [1.165, 1.54) is 0 Å². The molecule has 0 heteroatoms. The van der Waals surface area contributed by atoms with Crippen LogP contribution >= 0.6 is 0 Å². The van der Waals surface area contributed by atoms with E-state index in [0.29, 0.717) is 16.3 Å². The Balaban J connectivity index is 1.66. The third-order valence-electron chi connectivity index (χ3n) is 7.31. The largest absolute Gasteiger partial charge is 0.0630 e. The van der Waals surface area contributed by atoms with Crippen LogP contribution in [0.25, 0.3) is 76.5 Å². The van der Waals surface area contributed by atoms with Crippen molar-refractivity contribution in [3.63, 3.8) is 0 Å². The van der Waals surface area contributed by atoms with Gasteiger partial charge in [0.05, 0.1) is 17.8 Å². The molecular weight excluding hydrogens is 480 g/mol. The molecule has 0 saturated heterocycles. The minimum absolute atomic E-state index is 0.0497. The number of fused-ring (bicyclic) bond motifs is 4. The Morgan fingerprint density at radius 1 is 0.325 bits per heavy atom. The van der Waals surface area contributed by atoms with Crippen LogP contribution < -0.4 is 0 Å². The van der Waals surface area contributed by atoms with Gasteiger partial charge in [0.15, 0.2) is 0 Å². The summed E-state index contributed by atoms with van der Waals surface area (Å²) in [6.07, 6.45) is 0. The second kappa shape index (κ2) is 9.22. The van der Waals surface area contributed by atoms with Gasteiger partial charge in [-0.05, 0) is 76.5 Å². The summed E-state index contributed by atoms with van der Waals surface area (Å²) in [5.41, 5.74) is 1.61. The highest BCUT2D eigenvalue weighted by atomic mass is 14.2. The first-order chi connectivity index (χ1) is 25.3. The Hall–Kier alpha value is -5.20. The van der Waals surface area contributed by atoms with Crippen LogP contribution in [0.15, 0.2) is 157 Å². The minimum Gasteiger partial charge on any atom is -0.0622 e. The predicted molar refractivity (Wildman–Crippen MR) is 173 cm³/mol. The first-order valence-electron chi connectivity index (χ1n) is 19.3. The minimum atomic E-state index is -0.699. The number of benzene rings is 8. The summed E-state index contributed by atoms with van der Waals surface area (Å²) in [6.45, 7) is 0. The smallest absolute Gasteiger partial charge is 0.0622 e. The van der Waals surface area contributed by atoms with Crippen molar-refractivity contribution >= 4 is 43.1 Å². The lowest BCUT2D eigenvalue weighted by atomic mass is 9.83. The first kappa shape index (κ1) is 13.2. The molecule has 0 fully saturated rings. The fourth-order valence-electron chi connectivity index (χ4n) is 5.63. The van der Waals surface area contributed by atoms with E-state index in [1.54, 1.807) is 0 Å². The number of rotatable bonds is 3. The van der Waals surface area contributed by atoms with Gasteiger partial charge in [-0.1, -0.05) is 157 Å². The number of hydrogen-bond acceptors (Lipinski definition) is 0. The second-order valence-corrected chi connectivity index (χ2v) is 9.46. The zero-order chi connectivity index (χ0) is 37.8. The number of hydrogen-bond donors (Lipinski definition) is 0. The van der Waals surface area contributed by atoms with Crippen molar-refractivity contribution in [3.8, 4) is 33.4 Å². The molecule has 0 radical (unpaired) electrons. The third kappa shape index (κ3) is 3.47. The Kier molecular flexibility index (Phi) is 3.05. The molecule has 0 N–H and O–H groups in total. The van der Waals surface area contributed by atoms with Crippen LogP contribution in [0.1, 0.15) is 17.8 Å². The second-order valence-electron chi connectivity index (χ2n) is 9.46. The van der Waals surface area contributed by atoms with Crippen molar-refractivity contribution in [1.29, 1.82) is 0 Å². The molecule has 0 saturated carbocycles. The quantitative estimate of drug-likeness (QED) is 0.204. The van der Waals surface area contributed by atoms with Gasteiger partial charge in [-0.25, -0.2) is 0 Å². The van der Waals surface area contributed by atoms with E-state index in [-0.39, 0.29) is 38.2 Å². The van der Waals surface area contributed by atoms with E-state index in [1.807, 2.05) is 78.9 Å². The molecule has 8 aromatic rings. The molecule has 0 spiro atoms. The van der Waals surface area contributed by atoms with Gasteiger partial charge >= 0.3 is 0 Å². The van der Waals surface area contributed by atoms with Crippen LogP contribution in [0.4, 0.5) is 0 Å². The molecule has 0 nitrogen and oxygen atoms in total. The summed E-state index contributed by atoms with van der Waals surface area (Å²) >= 11 is 0. The van der Waals surface area contributed by atoms with Gasteiger partial charge in [0.25, 0.3) is 0 Å². The van der Waals surface area contributed by atoms with Gasteiger partial charge < -0.3 is 0 Å². The molecule has 0 amide bonds. The van der Waals surface area contributed by atoms with Crippen molar-refractivity contribution in [1.82, 2.24) is 0 Å². The van der Waals surface area contributed by atoms with E-state index < -0.39 is 78.6 Å². The van der Waals surface area contributed by atoms with E-state index >= 15 is 0 Å². The Morgan fingerprint density at radius 3 is 1.48 bits per heavy atom. The summed E-state index contributed by atoms with van der Waals surface area (Å²) in [5.74, 6) is 0. The van der Waals surface area contributed by atoms with Gasteiger partial charge in [-0.3, -0.25) is 0 Å². The van der Waals surface area contributed by atoms with Crippen LogP contribution in [0.3, 0.4) is 0 Å². The molecule has 0 unspecified atom stereocenters. The van der Waals surface area contributed by atoms with Gasteiger partial charge in [-0.15, -0.1) is 0 Å². The fraction of sp³-hybridized carbons (Fsp3) is 0. The predicted octanol–water partition coefficient (Wildman–Crippen LogP) is 11.3. The molecule has 0 bridgehead atoms. The zero-order valence-corrected chi connectivity index (χ0v) is 21.0. The molecule has 8 rings (SSSR count). The summed E-state index contributed by atoms with van der Waals surface area (Å²) in [7, 11) is 0. The van der Waals surface area contributed by atoms with Crippen LogP contribution in [-0.2, 0) is 0 Å². The summed E-state index contributed by atoms with van der Waals surface area (Å²) in [6, 6.07) is 16.8. The normalized spacial score (nSPS) is 16.1. The molecule has 0 aliphatic carbocycles. The summed E-state index contributed by atoms with van der Waals surface area (Å²) in [4.78, 5) is 0. The standard InChI is InChI=1S/C40H26/c1-2-14-28(15-3-1)39-34-20-8-10-22-36(34)40(37-23-11-9-21-35(37)39)38-26-25-33(31-18-6-7-19-32(31)38)30-24-12-16-27-13-4-5-17-29(27)30/h1-26H/i4D,5D,6D,7D,12D,13D,16D,17D,18D,19D,24D,25D,26D. The molecular formula is C40H26. The average Bonchev–Trinajstić information content (AvgIpc) is 3.17. The van der Waals surface area contributed by atoms with Crippen molar-refractivity contribution < 1.29 is 17.8 Å². The zero-order valence-electron chi connectivity index (χ0n) is 34.0. The van der Waals surface area contributed by atoms with Crippen molar-refractivity contribution in [2.75, 3.05) is 0 Å². The van der Waals surface area contributed by atoms with Gasteiger partial charge in [0, 0.05) is 0 Å². The van der Waals surface area contributed by atoms with Crippen molar-refractivity contribution in [3.05, 3.63) is 157 Å². The lowest BCUT2D eigenvalue weighted by Gasteiger charge is -2.20. The van der Waals surface area contributed by atoms with Gasteiger partial charge in [0.1, 0.15) is 0 Å². The highest BCUT2D eigenvalue weighted by molar-refractivity contribution is 6.24. The molecule has 0 aliphatic rings. The Morgan fingerprint density at radius 2 is 0.800 bits per heavy atom. The topological polar surface area (TPSA) is 0 Å². The van der Waals surface area contributed by atoms with Crippen LogP contribution in [-0.4, -0.2) is 0 Å². The first-order valence-corrected chi connectivity index (χ1v) is 12.8. The van der Waals surface area contributed by atoms with E-state index in [0.717, 1.165) is 21.9 Å². The van der Waals surface area contributed by atoms with Crippen LogP contribution in [0.5, 0.6) is 0 Å². The molecule has 0 aromatic heterocycles.